The van der Waals surface area contributed by atoms with Crippen molar-refractivity contribution >= 4 is 34.3 Å². The van der Waals surface area contributed by atoms with E-state index in [-0.39, 0.29) is 6.42 Å². The summed E-state index contributed by atoms with van der Waals surface area (Å²) in [5, 5.41) is 13.3. The quantitative estimate of drug-likeness (QED) is 0.222. The van der Waals surface area contributed by atoms with Crippen molar-refractivity contribution < 1.29 is 50.9 Å². The number of rotatable bonds is 10. The van der Waals surface area contributed by atoms with E-state index in [1.54, 1.807) is 41.5 Å². The highest BCUT2D eigenvalue weighted by Crippen LogP contribution is 2.12. The molecule has 0 fully saturated rings. The smallest absolute Gasteiger partial charge is 0.408 e. The maximum absolute atomic E-state index is 12.4. The van der Waals surface area contributed by atoms with E-state index in [0.717, 1.165) is 0 Å². The number of carboxylic acids is 1. The van der Waals surface area contributed by atoms with E-state index in [4.69, 9.17) is 14.6 Å². The monoisotopic (exact) mass is 469 g/mol. The first-order chi connectivity index (χ1) is 13.8. The van der Waals surface area contributed by atoms with Crippen molar-refractivity contribution in [1.82, 2.24) is 10.6 Å². The minimum Gasteiger partial charge on any atom is -0.726 e. The van der Waals surface area contributed by atoms with Crippen molar-refractivity contribution in [2.24, 2.45) is 0 Å². The van der Waals surface area contributed by atoms with Gasteiger partial charge in [-0.05, 0) is 48.0 Å². The van der Waals surface area contributed by atoms with Gasteiger partial charge in [0.25, 0.3) is 0 Å². The Labute approximate surface area is 180 Å². The molecule has 0 saturated heterocycles. The molecular formula is C17H29N2O11S-. The van der Waals surface area contributed by atoms with Crippen molar-refractivity contribution in [1.29, 1.82) is 0 Å². The molecule has 14 heteroatoms. The summed E-state index contributed by atoms with van der Waals surface area (Å²) in [7, 11) is -5.16. The third kappa shape index (κ3) is 15.1. The number of ether oxygens (including phenoxy) is 2. The number of esters is 1. The lowest BCUT2D eigenvalue weighted by Crippen LogP contribution is -2.47. The van der Waals surface area contributed by atoms with Gasteiger partial charge in [-0.25, -0.2) is 22.8 Å². The zero-order valence-electron chi connectivity index (χ0n) is 18.2. The van der Waals surface area contributed by atoms with E-state index < -0.39 is 70.7 Å². The zero-order valence-corrected chi connectivity index (χ0v) is 19.0. The second-order valence-electron chi connectivity index (χ2n) is 8.42. The molecule has 0 aromatic carbocycles. The van der Waals surface area contributed by atoms with Crippen molar-refractivity contribution in [2.75, 3.05) is 6.61 Å². The molecule has 0 unspecified atom stereocenters. The van der Waals surface area contributed by atoms with E-state index in [1.807, 2.05) is 5.32 Å². The van der Waals surface area contributed by atoms with Crippen molar-refractivity contribution in [3.63, 3.8) is 0 Å². The Kier molecular flexibility index (Phi) is 10.4. The van der Waals surface area contributed by atoms with Gasteiger partial charge in [0.15, 0.2) is 6.04 Å². The molecule has 3 N–H and O–H groups in total. The molecule has 13 nitrogen and oxygen atoms in total. The molecule has 2 atom stereocenters. The Hall–Kier alpha value is -2.45. The summed E-state index contributed by atoms with van der Waals surface area (Å²) in [5.74, 6) is -3.40. The minimum absolute atomic E-state index is 0.285. The topological polar surface area (TPSA) is 197 Å². The molecule has 0 heterocycles. The highest BCUT2D eigenvalue weighted by atomic mass is 32.3. The molecule has 0 rings (SSSR count). The lowest BCUT2D eigenvalue weighted by atomic mass is 10.1. The Bertz CT molecular complexity index is 766. The fraction of sp³-hybridized carbons (Fsp3) is 0.765. The van der Waals surface area contributed by atoms with Gasteiger partial charge in [-0.1, -0.05) is 0 Å². The molecule has 0 aromatic heterocycles. The van der Waals surface area contributed by atoms with Crippen molar-refractivity contribution in [2.45, 2.75) is 77.7 Å². The summed E-state index contributed by atoms with van der Waals surface area (Å²) in [4.78, 5) is 47.5. The average Bonchev–Trinajstić information content (AvgIpc) is 2.50. The summed E-state index contributed by atoms with van der Waals surface area (Å²) < 4.78 is 45.5. The Morgan fingerprint density at radius 2 is 1.45 bits per heavy atom. The molecule has 0 aromatic rings. The van der Waals surface area contributed by atoms with Crippen molar-refractivity contribution in [3.05, 3.63) is 0 Å². The normalized spacial score (nSPS) is 14.2. The fourth-order valence-corrected chi connectivity index (χ4v) is 2.24. The predicted octanol–water partition coefficient (Wildman–Crippen LogP) is 0.0478. The Balaban J connectivity index is 5.12. The Morgan fingerprint density at radius 3 is 1.87 bits per heavy atom. The van der Waals surface area contributed by atoms with Gasteiger partial charge in [0.2, 0.25) is 16.3 Å². The van der Waals surface area contributed by atoms with Crippen LogP contribution in [-0.4, -0.2) is 71.9 Å². The zero-order chi connectivity index (χ0) is 24.6. The van der Waals surface area contributed by atoms with Gasteiger partial charge in [0.05, 0.1) is 6.61 Å². The van der Waals surface area contributed by atoms with Crippen LogP contribution < -0.4 is 10.6 Å². The highest BCUT2D eigenvalue weighted by molar-refractivity contribution is 7.80. The van der Waals surface area contributed by atoms with Gasteiger partial charge in [-0.3, -0.25) is 8.98 Å². The number of aliphatic carboxylic acids is 1. The largest absolute Gasteiger partial charge is 0.726 e. The number of carbonyl (C=O) groups is 4. The summed E-state index contributed by atoms with van der Waals surface area (Å²) in [6.45, 7) is 8.52. The Morgan fingerprint density at radius 1 is 0.935 bits per heavy atom. The van der Waals surface area contributed by atoms with Crippen LogP contribution in [0.15, 0.2) is 0 Å². The van der Waals surface area contributed by atoms with Crippen LogP contribution in [0.25, 0.3) is 0 Å². The first-order valence-electron chi connectivity index (χ1n) is 9.14. The predicted molar refractivity (Wildman–Crippen MR) is 103 cm³/mol. The summed E-state index contributed by atoms with van der Waals surface area (Å²) in [6, 6.07) is -3.11. The van der Waals surface area contributed by atoms with Gasteiger partial charge in [-0.2, -0.15) is 0 Å². The summed E-state index contributed by atoms with van der Waals surface area (Å²) in [5.41, 5.74) is -1.74. The van der Waals surface area contributed by atoms with E-state index in [9.17, 15) is 32.1 Å². The van der Waals surface area contributed by atoms with E-state index in [1.165, 1.54) is 0 Å². The van der Waals surface area contributed by atoms with Gasteiger partial charge < -0.3 is 29.8 Å². The second-order valence-corrected chi connectivity index (χ2v) is 9.47. The lowest BCUT2D eigenvalue weighted by Gasteiger charge is -2.26. The molecule has 2 amide bonds. The molecule has 0 bridgehead atoms. The molecule has 0 aliphatic carbocycles. The van der Waals surface area contributed by atoms with E-state index >= 15 is 0 Å². The third-order valence-corrected chi connectivity index (χ3v) is 3.48. The number of nitrogens with one attached hydrogen (secondary N) is 2. The van der Waals surface area contributed by atoms with Gasteiger partial charge >= 0.3 is 18.0 Å². The fourth-order valence-electron chi connectivity index (χ4n) is 1.94. The first-order valence-corrected chi connectivity index (χ1v) is 10.5. The van der Waals surface area contributed by atoms with Crippen LogP contribution >= 0.6 is 0 Å². The van der Waals surface area contributed by atoms with Crippen LogP contribution in [0, 0.1) is 0 Å². The van der Waals surface area contributed by atoms with Crippen LogP contribution in [0.4, 0.5) is 4.79 Å². The number of carboxylic acid groups (broad SMARTS) is 1. The third-order valence-electron chi connectivity index (χ3n) is 3.05. The lowest BCUT2D eigenvalue weighted by molar-refractivity contribution is -0.157. The molecule has 0 radical (unpaired) electrons. The number of hydrogen-bond acceptors (Lipinski definition) is 10. The maximum atomic E-state index is 12.4. The second kappa shape index (κ2) is 11.2. The molecule has 0 aliphatic rings. The number of carbonyl (C=O) groups excluding carboxylic acids is 3. The minimum atomic E-state index is -5.16. The first kappa shape index (κ1) is 28.5. The van der Waals surface area contributed by atoms with Crippen LogP contribution in [-0.2, 0) is 38.4 Å². The van der Waals surface area contributed by atoms with Crippen LogP contribution in [0.5, 0.6) is 0 Å². The van der Waals surface area contributed by atoms with E-state index in [0.29, 0.717) is 0 Å². The SMILES string of the molecule is CC(C)(C)OC(=O)N[C@@H](CCC(=O)N[C@@H](COS(=O)(=O)[O-])C(=O)O)C(=O)OC(C)(C)C. The van der Waals surface area contributed by atoms with Crippen LogP contribution in [0.2, 0.25) is 0 Å². The van der Waals surface area contributed by atoms with E-state index in [2.05, 4.69) is 9.50 Å². The molecule has 0 spiro atoms. The van der Waals surface area contributed by atoms with Gasteiger partial charge in [-0.15, -0.1) is 0 Å². The molecule has 31 heavy (non-hydrogen) atoms. The summed E-state index contributed by atoms with van der Waals surface area (Å²) >= 11 is 0. The molecule has 180 valence electrons. The number of amides is 2. The standard InChI is InChI=1S/C17H30N2O11S/c1-16(2,3)29-14(23)10(19-15(24)30-17(4,5)6)7-8-12(20)18-11(13(21)22)9-28-31(25,26)27/h10-11H,7-9H2,1-6H3,(H,18,20)(H,19,24)(H,21,22)(H,25,26,27)/p-1/t10-,11-/m0/s1. The van der Waals surface area contributed by atoms with Crippen LogP contribution in [0.3, 0.4) is 0 Å². The molecule has 0 aliphatic heterocycles. The van der Waals surface area contributed by atoms with Crippen molar-refractivity contribution in [3.8, 4) is 0 Å². The number of hydrogen-bond donors (Lipinski definition) is 3. The number of alkyl carbamates (subject to hydrolysis) is 1. The van der Waals surface area contributed by atoms with Gasteiger partial charge in [0, 0.05) is 6.42 Å². The molecular weight excluding hydrogens is 440 g/mol. The maximum Gasteiger partial charge on any atom is 0.408 e. The summed E-state index contributed by atoms with van der Waals surface area (Å²) in [6.07, 6.45) is -1.66. The molecule has 0 saturated carbocycles. The van der Waals surface area contributed by atoms with Gasteiger partial charge in [0.1, 0.15) is 17.2 Å². The average molecular weight is 469 g/mol. The highest BCUT2D eigenvalue weighted by Gasteiger charge is 2.30. The van der Waals surface area contributed by atoms with Crippen LogP contribution in [0.1, 0.15) is 54.4 Å².